The summed E-state index contributed by atoms with van der Waals surface area (Å²) in [4.78, 5) is 16.2. The number of fused-ring (bicyclic) bond motifs is 1. The Morgan fingerprint density at radius 1 is 0.969 bits per heavy atom. The van der Waals surface area contributed by atoms with Crippen molar-refractivity contribution in [2.45, 2.75) is 0 Å². The summed E-state index contributed by atoms with van der Waals surface area (Å²) in [5.41, 5.74) is 4.45. The van der Waals surface area contributed by atoms with Gasteiger partial charge in [-0.1, -0.05) is 54.6 Å². The van der Waals surface area contributed by atoms with Crippen molar-refractivity contribution in [1.29, 1.82) is 0 Å². The Labute approximate surface area is 187 Å². The molecule has 0 atom stereocenters. The molecule has 1 N–H and O–H groups in total. The minimum absolute atomic E-state index is 0.348. The van der Waals surface area contributed by atoms with Gasteiger partial charge in [-0.05, 0) is 47.5 Å². The number of pyridine rings is 1. The Hall–Kier alpha value is -4.12. The molecule has 1 heterocycles. The maximum Gasteiger partial charge on any atom is 0.337 e. The van der Waals surface area contributed by atoms with Crippen LogP contribution in [-0.2, 0) is 4.74 Å². The molecule has 0 saturated carbocycles. The number of anilines is 1. The van der Waals surface area contributed by atoms with Crippen LogP contribution in [0.25, 0.3) is 17.0 Å². The number of esters is 1. The summed E-state index contributed by atoms with van der Waals surface area (Å²) in [6, 6.07) is 27.1. The molecule has 32 heavy (non-hydrogen) atoms. The Bertz CT molecular complexity index is 1220. The van der Waals surface area contributed by atoms with E-state index in [4.69, 9.17) is 9.47 Å². The summed E-state index contributed by atoms with van der Waals surface area (Å²) < 4.78 is 10.8. The standard InChI is InChI=1S/C27H24N2O3/c1-31-27(30)22-13-11-20(12-14-22)15-21(19-32-25-8-3-2-4-9-25)17-28-24-16-23-7-5-6-10-26(23)29-18-24/h2-16,18,28H,17,19H2,1H3. The highest BCUT2D eigenvalue weighted by molar-refractivity contribution is 5.89. The van der Waals surface area contributed by atoms with Crippen LogP contribution in [0.15, 0.2) is 96.7 Å². The molecule has 0 bridgehead atoms. The number of ether oxygens (including phenoxy) is 2. The Morgan fingerprint density at radius 2 is 1.72 bits per heavy atom. The zero-order chi connectivity index (χ0) is 22.2. The van der Waals surface area contributed by atoms with E-state index in [9.17, 15) is 4.79 Å². The highest BCUT2D eigenvalue weighted by atomic mass is 16.5. The molecule has 5 heteroatoms. The lowest BCUT2D eigenvalue weighted by atomic mass is 10.1. The summed E-state index contributed by atoms with van der Waals surface area (Å²) in [5.74, 6) is 0.463. The third-order valence-electron chi connectivity index (χ3n) is 4.98. The highest BCUT2D eigenvalue weighted by Gasteiger charge is 2.06. The number of rotatable bonds is 8. The smallest absolute Gasteiger partial charge is 0.337 e. The molecule has 0 saturated heterocycles. The Kier molecular flexibility index (Phi) is 6.78. The fourth-order valence-corrected chi connectivity index (χ4v) is 3.29. The fraction of sp³-hybridized carbons (Fsp3) is 0.111. The van der Waals surface area contributed by atoms with Gasteiger partial charge in [0.25, 0.3) is 0 Å². The van der Waals surface area contributed by atoms with Gasteiger partial charge in [-0.2, -0.15) is 0 Å². The van der Waals surface area contributed by atoms with Crippen LogP contribution in [-0.4, -0.2) is 31.2 Å². The Morgan fingerprint density at radius 3 is 2.50 bits per heavy atom. The molecule has 0 aliphatic rings. The van der Waals surface area contributed by atoms with Crippen molar-refractivity contribution in [2.24, 2.45) is 0 Å². The molecule has 3 aromatic carbocycles. The lowest BCUT2D eigenvalue weighted by Gasteiger charge is -2.13. The number of hydrogen-bond acceptors (Lipinski definition) is 5. The van der Waals surface area contributed by atoms with Crippen LogP contribution in [0.4, 0.5) is 5.69 Å². The monoisotopic (exact) mass is 424 g/mol. The minimum Gasteiger partial charge on any atom is -0.489 e. The topological polar surface area (TPSA) is 60.5 Å². The first-order chi connectivity index (χ1) is 15.7. The van der Waals surface area contributed by atoms with Crippen molar-refractivity contribution >= 4 is 28.6 Å². The summed E-state index contributed by atoms with van der Waals surface area (Å²) in [5, 5.41) is 4.53. The van der Waals surface area contributed by atoms with Gasteiger partial charge in [0, 0.05) is 11.9 Å². The molecule has 0 unspecified atom stereocenters. The molecular formula is C27H24N2O3. The first-order valence-electron chi connectivity index (χ1n) is 10.4. The van der Waals surface area contributed by atoms with Gasteiger partial charge in [-0.25, -0.2) is 4.79 Å². The van der Waals surface area contributed by atoms with Crippen molar-refractivity contribution in [1.82, 2.24) is 4.98 Å². The van der Waals surface area contributed by atoms with Crippen LogP contribution in [0.3, 0.4) is 0 Å². The number of nitrogens with zero attached hydrogens (tertiary/aromatic N) is 1. The minimum atomic E-state index is -0.348. The number of benzene rings is 3. The van der Waals surface area contributed by atoms with Gasteiger partial charge >= 0.3 is 5.97 Å². The third kappa shape index (κ3) is 5.52. The summed E-state index contributed by atoms with van der Waals surface area (Å²) >= 11 is 0. The van der Waals surface area contributed by atoms with E-state index in [1.165, 1.54) is 7.11 Å². The molecule has 4 aromatic rings. The Balaban J connectivity index is 1.51. The van der Waals surface area contributed by atoms with Crippen LogP contribution < -0.4 is 10.1 Å². The van der Waals surface area contributed by atoms with Crippen LogP contribution in [0, 0.1) is 0 Å². The lowest BCUT2D eigenvalue weighted by Crippen LogP contribution is -2.12. The molecule has 0 spiro atoms. The summed E-state index contributed by atoms with van der Waals surface area (Å²) in [6.45, 7) is 1.02. The second-order valence-corrected chi connectivity index (χ2v) is 7.29. The van der Waals surface area contributed by atoms with E-state index < -0.39 is 0 Å². The second-order valence-electron chi connectivity index (χ2n) is 7.29. The molecule has 0 amide bonds. The molecule has 0 aliphatic carbocycles. The van der Waals surface area contributed by atoms with E-state index in [1.807, 2.05) is 72.9 Å². The maximum atomic E-state index is 11.7. The van der Waals surface area contributed by atoms with Crippen molar-refractivity contribution in [3.63, 3.8) is 0 Å². The van der Waals surface area contributed by atoms with Crippen molar-refractivity contribution in [3.05, 3.63) is 108 Å². The average Bonchev–Trinajstić information content (AvgIpc) is 2.86. The van der Waals surface area contributed by atoms with Crippen molar-refractivity contribution in [3.8, 4) is 5.75 Å². The SMILES string of the molecule is COC(=O)c1ccc(C=C(CNc2cnc3ccccc3c2)COc2ccccc2)cc1. The van der Waals surface area contributed by atoms with E-state index >= 15 is 0 Å². The fourth-order valence-electron chi connectivity index (χ4n) is 3.29. The van der Waals surface area contributed by atoms with Gasteiger partial charge in [0.2, 0.25) is 0 Å². The first-order valence-corrected chi connectivity index (χ1v) is 10.4. The van der Waals surface area contributed by atoms with E-state index in [0.29, 0.717) is 18.7 Å². The van der Waals surface area contributed by atoms with Crippen molar-refractivity contribution < 1.29 is 14.3 Å². The van der Waals surface area contributed by atoms with Gasteiger partial charge in [0.1, 0.15) is 12.4 Å². The van der Waals surface area contributed by atoms with Crippen LogP contribution in [0.2, 0.25) is 0 Å². The predicted octanol–water partition coefficient (Wildman–Crippen LogP) is 5.60. The van der Waals surface area contributed by atoms with Gasteiger partial charge in [0.15, 0.2) is 0 Å². The number of nitrogens with one attached hydrogen (secondary N) is 1. The normalized spacial score (nSPS) is 11.2. The van der Waals surface area contributed by atoms with Gasteiger partial charge < -0.3 is 14.8 Å². The van der Waals surface area contributed by atoms with Gasteiger partial charge in [-0.15, -0.1) is 0 Å². The van der Waals surface area contributed by atoms with E-state index in [-0.39, 0.29) is 5.97 Å². The molecule has 5 nitrogen and oxygen atoms in total. The number of methoxy groups -OCH3 is 1. The molecule has 1 aromatic heterocycles. The molecule has 0 aliphatic heterocycles. The van der Waals surface area contributed by atoms with E-state index in [0.717, 1.165) is 33.5 Å². The van der Waals surface area contributed by atoms with Crippen molar-refractivity contribution in [2.75, 3.05) is 25.6 Å². The van der Waals surface area contributed by atoms with Crippen LogP contribution >= 0.6 is 0 Å². The highest BCUT2D eigenvalue weighted by Crippen LogP contribution is 2.18. The summed E-state index contributed by atoms with van der Waals surface area (Å²) in [7, 11) is 1.38. The third-order valence-corrected chi connectivity index (χ3v) is 4.98. The predicted molar refractivity (Wildman–Crippen MR) is 128 cm³/mol. The van der Waals surface area contributed by atoms with Gasteiger partial charge in [-0.3, -0.25) is 4.98 Å². The van der Waals surface area contributed by atoms with Crippen LogP contribution in [0.1, 0.15) is 15.9 Å². The number of carbonyl (C=O) groups is 1. The zero-order valence-electron chi connectivity index (χ0n) is 17.8. The number of carbonyl (C=O) groups excluding carboxylic acids is 1. The molecule has 160 valence electrons. The van der Waals surface area contributed by atoms with E-state index in [1.54, 1.807) is 12.1 Å². The molecular weight excluding hydrogens is 400 g/mol. The second kappa shape index (κ2) is 10.3. The number of para-hydroxylation sites is 2. The van der Waals surface area contributed by atoms with Gasteiger partial charge in [0.05, 0.1) is 30.1 Å². The maximum absolute atomic E-state index is 11.7. The largest absolute Gasteiger partial charge is 0.489 e. The average molecular weight is 425 g/mol. The molecule has 0 radical (unpaired) electrons. The zero-order valence-corrected chi connectivity index (χ0v) is 17.8. The molecule has 0 fully saturated rings. The summed E-state index contributed by atoms with van der Waals surface area (Å²) in [6.07, 6.45) is 3.90. The quantitative estimate of drug-likeness (QED) is 0.373. The van der Waals surface area contributed by atoms with E-state index in [2.05, 4.69) is 22.4 Å². The number of aromatic nitrogens is 1. The van der Waals surface area contributed by atoms with Crippen LogP contribution in [0.5, 0.6) is 5.75 Å². The lowest BCUT2D eigenvalue weighted by molar-refractivity contribution is 0.0600. The molecule has 4 rings (SSSR count). The number of hydrogen-bond donors (Lipinski definition) is 1. The first kappa shape index (κ1) is 21.1.